The van der Waals surface area contributed by atoms with Crippen LogP contribution in [0.1, 0.15) is 50.7 Å². The van der Waals surface area contributed by atoms with Gasteiger partial charge in [0.1, 0.15) is 0 Å². The van der Waals surface area contributed by atoms with Gasteiger partial charge in [-0.3, -0.25) is 4.72 Å². The summed E-state index contributed by atoms with van der Waals surface area (Å²) in [5.74, 6) is 0. The highest BCUT2D eigenvalue weighted by atomic mass is 32.2. The lowest BCUT2D eigenvalue weighted by molar-refractivity contribution is 0.199. The number of hydrogen-bond donors (Lipinski definition) is 2. The SMILES string of the molecule is CC(O)c1cccc(NS(=O)(=O)C2CCCCC2)c1. The zero-order valence-electron chi connectivity index (χ0n) is 11.2. The largest absolute Gasteiger partial charge is 0.389 e. The van der Waals surface area contributed by atoms with E-state index in [1.54, 1.807) is 31.2 Å². The van der Waals surface area contributed by atoms with E-state index in [0.29, 0.717) is 11.3 Å². The fourth-order valence-electron chi connectivity index (χ4n) is 2.49. The summed E-state index contributed by atoms with van der Waals surface area (Å²) in [6.45, 7) is 1.66. The summed E-state index contributed by atoms with van der Waals surface area (Å²) in [7, 11) is -3.31. The van der Waals surface area contributed by atoms with Crippen molar-refractivity contribution in [3.05, 3.63) is 29.8 Å². The maximum atomic E-state index is 12.3. The quantitative estimate of drug-likeness (QED) is 0.893. The summed E-state index contributed by atoms with van der Waals surface area (Å²) in [5.41, 5.74) is 1.24. The summed E-state index contributed by atoms with van der Waals surface area (Å²) < 4.78 is 27.2. The monoisotopic (exact) mass is 283 g/mol. The maximum absolute atomic E-state index is 12.3. The van der Waals surface area contributed by atoms with Gasteiger partial charge in [0.15, 0.2) is 0 Å². The minimum Gasteiger partial charge on any atom is -0.389 e. The zero-order chi connectivity index (χ0) is 13.9. The lowest BCUT2D eigenvalue weighted by atomic mass is 10.0. The lowest BCUT2D eigenvalue weighted by Crippen LogP contribution is -2.29. The van der Waals surface area contributed by atoms with Gasteiger partial charge in [0, 0.05) is 5.69 Å². The average molecular weight is 283 g/mol. The second kappa shape index (κ2) is 5.92. The van der Waals surface area contributed by atoms with E-state index in [-0.39, 0.29) is 5.25 Å². The third-order valence-electron chi connectivity index (χ3n) is 3.62. The van der Waals surface area contributed by atoms with E-state index in [2.05, 4.69) is 4.72 Å². The van der Waals surface area contributed by atoms with Crippen molar-refractivity contribution in [1.29, 1.82) is 0 Å². The van der Waals surface area contributed by atoms with Crippen molar-refractivity contribution in [1.82, 2.24) is 0 Å². The van der Waals surface area contributed by atoms with E-state index in [1.165, 1.54) is 0 Å². The molecule has 0 spiro atoms. The summed E-state index contributed by atoms with van der Waals surface area (Å²) in [5, 5.41) is 9.24. The number of aliphatic hydroxyl groups is 1. The summed E-state index contributed by atoms with van der Waals surface area (Å²) in [6, 6.07) is 6.93. The second-order valence-electron chi connectivity index (χ2n) is 5.21. The number of rotatable bonds is 4. The molecule has 0 aromatic heterocycles. The number of aliphatic hydroxyl groups excluding tert-OH is 1. The highest BCUT2D eigenvalue weighted by Crippen LogP contribution is 2.26. The van der Waals surface area contributed by atoms with Crippen molar-refractivity contribution >= 4 is 15.7 Å². The Morgan fingerprint density at radius 3 is 2.58 bits per heavy atom. The van der Waals surface area contributed by atoms with Gasteiger partial charge in [-0.1, -0.05) is 31.4 Å². The summed E-state index contributed by atoms with van der Waals surface area (Å²) in [4.78, 5) is 0. The topological polar surface area (TPSA) is 66.4 Å². The first kappa shape index (κ1) is 14.3. The molecule has 5 heteroatoms. The molecule has 0 heterocycles. The summed E-state index contributed by atoms with van der Waals surface area (Å²) >= 11 is 0. The average Bonchev–Trinajstić information content (AvgIpc) is 2.39. The Labute approximate surface area is 114 Å². The Hall–Kier alpha value is -1.07. The Morgan fingerprint density at radius 2 is 1.95 bits per heavy atom. The smallest absolute Gasteiger partial charge is 0.235 e. The van der Waals surface area contributed by atoms with Crippen LogP contribution >= 0.6 is 0 Å². The van der Waals surface area contributed by atoms with Crippen LogP contribution in [0.15, 0.2) is 24.3 Å². The van der Waals surface area contributed by atoms with Gasteiger partial charge in [-0.05, 0) is 37.5 Å². The molecule has 4 nitrogen and oxygen atoms in total. The molecular formula is C14H21NO3S. The summed E-state index contributed by atoms with van der Waals surface area (Å²) in [6.07, 6.45) is 3.98. The highest BCUT2D eigenvalue weighted by molar-refractivity contribution is 7.93. The molecule has 0 radical (unpaired) electrons. The number of nitrogens with one attached hydrogen (secondary N) is 1. The van der Waals surface area contributed by atoms with Gasteiger partial charge >= 0.3 is 0 Å². The van der Waals surface area contributed by atoms with Gasteiger partial charge in [0.25, 0.3) is 0 Å². The fraction of sp³-hybridized carbons (Fsp3) is 0.571. The first-order valence-electron chi connectivity index (χ1n) is 6.79. The molecule has 19 heavy (non-hydrogen) atoms. The third-order valence-corrected chi connectivity index (χ3v) is 5.49. The fourth-order valence-corrected chi connectivity index (χ4v) is 4.06. The minimum atomic E-state index is -3.31. The van der Waals surface area contributed by atoms with Gasteiger partial charge in [-0.2, -0.15) is 0 Å². The van der Waals surface area contributed by atoms with E-state index in [1.807, 2.05) is 0 Å². The maximum Gasteiger partial charge on any atom is 0.235 e. The highest BCUT2D eigenvalue weighted by Gasteiger charge is 2.27. The number of benzene rings is 1. The number of hydrogen-bond acceptors (Lipinski definition) is 3. The van der Waals surface area contributed by atoms with Crippen LogP contribution in [-0.4, -0.2) is 18.8 Å². The molecule has 2 rings (SSSR count). The molecule has 0 saturated heterocycles. The molecule has 1 aliphatic carbocycles. The molecule has 1 aromatic rings. The zero-order valence-corrected chi connectivity index (χ0v) is 12.0. The van der Waals surface area contributed by atoms with Crippen LogP contribution in [0.5, 0.6) is 0 Å². The van der Waals surface area contributed by atoms with Crippen molar-refractivity contribution < 1.29 is 13.5 Å². The van der Waals surface area contributed by atoms with E-state index in [9.17, 15) is 13.5 Å². The van der Waals surface area contributed by atoms with Crippen LogP contribution in [0.3, 0.4) is 0 Å². The second-order valence-corrected chi connectivity index (χ2v) is 7.17. The van der Waals surface area contributed by atoms with Gasteiger partial charge in [0.2, 0.25) is 10.0 Å². The van der Waals surface area contributed by atoms with Gasteiger partial charge in [-0.25, -0.2) is 8.42 Å². The Kier molecular flexibility index (Phi) is 4.47. The van der Waals surface area contributed by atoms with Crippen molar-refractivity contribution in [2.75, 3.05) is 4.72 Å². The van der Waals surface area contributed by atoms with Crippen LogP contribution in [0, 0.1) is 0 Å². The minimum absolute atomic E-state index is 0.281. The number of anilines is 1. The van der Waals surface area contributed by atoms with Crippen molar-refractivity contribution in [2.24, 2.45) is 0 Å². The van der Waals surface area contributed by atoms with Gasteiger partial charge in [-0.15, -0.1) is 0 Å². The molecule has 2 N–H and O–H groups in total. The Balaban J connectivity index is 2.13. The molecule has 1 fully saturated rings. The molecule has 1 atom stereocenters. The first-order chi connectivity index (χ1) is 8.99. The normalized spacial score (nSPS) is 19.1. The third kappa shape index (κ3) is 3.70. The first-order valence-corrected chi connectivity index (χ1v) is 8.33. The molecule has 0 bridgehead atoms. The van der Waals surface area contributed by atoms with Crippen LogP contribution in [0.4, 0.5) is 5.69 Å². The Bertz CT molecular complexity index is 519. The van der Waals surface area contributed by atoms with Gasteiger partial charge in [0.05, 0.1) is 11.4 Å². The molecule has 106 valence electrons. The van der Waals surface area contributed by atoms with Crippen LogP contribution in [-0.2, 0) is 10.0 Å². The van der Waals surface area contributed by atoms with E-state index < -0.39 is 16.1 Å². The van der Waals surface area contributed by atoms with E-state index in [4.69, 9.17) is 0 Å². The van der Waals surface area contributed by atoms with Crippen molar-refractivity contribution in [3.63, 3.8) is 0 Å². The predicted octanol–water partition coefficient (Wildman–Crippen LogP) is 2.81. The van der Waals surface area contributed by atoms with Crippen LogP contribution < -0.4 is 4.72 Å². The number of sulfonamides is 1. The Morgan fingerprint density at radius 1 is 1.26 bits per heavy atom. The molecule has 1 saturated carbocycles. The standard InChI is InChI=1S/C14H21NO3S/c1-11(16)12-6-5-7-13(10-12)15-19(17,18)14-8-3-2-4-9-14/h5-7,10-11,14-16H,2-4,8-9H2,1H3. The predicted molar refractivity (Wildman–Crippen MR) is 76.5 cm³/mol. The molecular weight excluding hydrogens is 262 g/mol. The van der Waals surface area contributed by atoms with Crippen LogP contribution in [0.2, 0.25) is 0 Å². The molecule has 0 aliphatic heterocycles. The van der Waals surface area contributed by atoms with Gasteiger partial charge < -0.3 is 5.11 Å². The van der Waals surface area contributed by atoms with Crippen LogP contribution in [0.25, 0.3) is 0 Å². The van der Waals surface area contributed by atoms with E-state index >= 15 is 0 Å². The molecule has 1 aliphatic rings. The lowest BCUT2D eigenvalue weighted by Gasteiger charge is -2.22. The molecule has 1 unspecified atom stereocenters. The van der Waals surface area contributed by atoms with E-state index in [0.717, 1.165) is 32.1 Å². The molecule has 0 amide bonds. The molecule has 1 aromatic carbocycles. The van der Waals surface area contributed by atoms with Crippen molar-refractivity contribution in [3.8, 4) is 0 Å². The van der Waals surface area contributed by atoms with Crippen molar-refractivity contribution in [2.45, 2.75) is 50.4 Å².